The second kappa shape index (κ2) is 16.2. The van der Waals surface area contributed by atoms with Crippen molar-refractivity contribution in [2.75, 3.05) is 19.8 Å². The van der Waals surface area contributed by atoms with E-state index < -0.39 is 10.8 Å². The molecule has 0 radical (unpaired) electrons. The second-order valence-electron chi connectivity index (χ2n) is 17.8. The lowest BCUT2D eigenvalue weighted by Crippen LogP contribution is -2.74. The van der Waals surface area contributed by atoms with Crippen LogP contribution in [-0.4, -0.2) is 78.3 Å². The topological polar surface area (TPSA) is 161 Å². The number of nitriles is 1. The summed E-state index contributed by atoms with van der Waals surface area (Å²) in [7, 11) is 0. The molecule has 2 amide bonds. The van der Waals surface area contributed by atoms with Gasteiger partial charge in [0.25, 0.3) is 5.91 Å². The zero-order chi connectivity index (χ0) is 43.3. The molecule has 1 saturated heterocycles. The molecule has 6 heterocycles. The number of carbonyl (C=O) groups is 2. The molecule has 13 nitrogen and oxygen atoms in total. The van der Waals surface area contributed by atoms with Gasteiger partial charge in [-0.25, -0.2) is 9.97 Å². The highest BCUT2D eigenvalue weighted by Crippen LogP contribution is 2.55. The molecule has 9 rings (SSSR count). The Morgan fingerprint density at radius 1 is 0.968 bits per heavy atom. The summed E-state index contributed by atoms with van der Waals surface area (Å²) in [6.45, 7) is 12.6. The predicted octanol–water partition coefficient (Wildman–Crippen LogP) is 7.93. The molecule has 4 aromatic heterocycles. The third kappa shape index (κ3) is 7.56. The van der Waals surface area contributed by atoms with Gasteiger partial charge in [0.05, 0.1) is 33.6 Å². The molecule has 3 aliphatic rings. The number of nitrogens with zero attached hydrogens (tertiary/aromatic N) is 8. The van der Waals surface area contributed by atoms with Gasteiger partial charge in [-0.3, -0.25) is 24.2 Å². The normalized spacial score (nSPS) is 19.3. The van der Waals surface area contributed by atoms with Crippen molar-refractivity contribution in [1.82, 2.24) is 39.9 Å². The Morgan fingerprint density at radius 2 is 1.74 bits per heavy atom. The van der Waals surface area contributed by atoms with Crippen LogP contribution in [0.1, 0.15) is 92.2 Å². The number of pyridine rings is 2. The number of carbonyl (C=O) groups excluding carboxylic acids is 2. The van der Waals surface area contributed by atoms with Gasteiger partial charge in [0.2, 0.25) is 5.91 Å². The third-order valence-corrected chi connectivity index (χ3v) is 13.3. The molecule has 1 saturated carbocycles. The van der Waals surface area contributed by atoms with Gasteiger partial charge in [-0.15, -0.1) is 0 Å². The number of ether oxygens (including phenoxy) is 2. The van der Waals surface area contributed by atoms with E-state index in [4.69, 9.17) is 36.1 Å². The summed E-state index contributed by atoms with van der Waals surface area (Å²) < 4.78 is 14.2. The highest BCUT2D eigenvalue weighted by Gasteiger charge is 2.64. The lowest BCUT2D eigenvalue weighted by molar-refractivity contribution is -0.164. The van der Waals surface area contributed by atoms with E-state index in [1.807, 2.05) is 29.4 Å². The molecule has 1 aliphatic carbocycles. The van der Waals surface area contributed by atoms with E-state index in [1.165, 1.54) is 5.69 Å². The van der Waals surface area contributed by atoms with Crippen molar-refractivity contribution in [3.05, 3.63) is 118 Å². The van der Waals surface area contributed by atoms with Gasteiger partial charge in [-0.05, 0) is 48.6 Å². The maximum Gasteiger partial charge on any atom is 0.254 e. The molecule has 2 aromatic carbocycles. The van der Waals surface area contributed by atoms with Crippen molar-refractivity contribution >= 4 is 34.2 Å². The zero-order valence-electron chi connectivity index (χ0n) is 35.5. The molecule has 62 heavy (non-hydrogen) atoms. The van der Waals surface area contributed by atoms with Gasteiger partial charge in [0.1, 0.15) is 23.7 Å². The van der Waals surface area contributed by atoms with Gasteiger partial charge in [0, 0.05) is 127 Å². The molecule has 0 atom stereocenters. The molecule has 14 heteroatoms. The monoisotopic (exact) mass is 849 g/mol. The van der Waals surface area contributed by atoms with Gasteiger partial charge >= 0.3 is 0 Å². The maximum atomic E-state index is 13.5. The summed E-state index contributed by atoms with van der Waals surface area (Å²) >= 11 is 6.25. The number of aromatic nitrogens is 6. The summed E-state index contributed by atoms with van der Waals surface area (Å²) in [5.41, 5.74) is 6.66. The lowest BCUT2D eigenvalue weighted by Gasteiger charge is -2.63. The van der Waals surface area contributed by atoms with Crippen LogP contribution in [0.2, 0.25) is 5.02 Å². The number of halogens is 1. The molecule has 2 aliphatic heterocycles. The SMILES string of the molecule is CC(=O)N1CCc2c(c(-c3cccc4cc(-c5ccc(Cc6ncc(C(=O)NC7C(C)(C)C(Oc8ccc(C#N)c(Cl)c8)C7(C)C)cn6)nc5)ncc34)nn2C2CCOCC2)C1. The minimum absolute atomic E-state index is 0.0726. The van der Waals surface area contributed by atoms with Crippen LogP contribution < -0.4 is 10.1 Å². The van der Waals surface area contributed by atoms with E-state index in [-0.39, 0.29) is 30.0 Å². The summed E-state index contributed by atoms with van der Waals surface area (Å²) in [6, 6.07) is 19.5. The third-order valence-electron chi connectivity index (χ3n) is 12.9. The maximum absolute atomic E-state index is 13.5. The average molecular weight is 850 g/mol. The molecular formula is C48H48ClN9O4. The Labute approximate surface area is 365 Å². The Kier molecular flexibility index (Phi) is 10.8. The van der Waals surface area contributed by atoms with Crippen molar-refractivity contribution < 1.29 is 19.1 Å². The largest absolute Gasteiger partial charge is 0.489 e. The molecule has 0 bridgehead atoms. The highest BCUT2D eigenvalue weighted by atomic mass is 35.5. The molecule has 6 aromatic rings. The van der Waals surface area contributed by atoms with Crippen LogP contribution in [0, 0.1) is 22.2 Å². The number of fused-ring (bicyclic) bond motifs is 2. The number of nitrogens with one attached hydrogen (secondary N) is 1. The van der Waals surface area contributed by atoms with E-state index in [0.717, 1.165) is 77.0 Å². The van der Waals surface area contributed by atoms with E-state index >= 15 is 0 Å². The van der Waals surface area contributed by atoms with Crippen LogP contribution in [0.5, 0.6) is 5.75 Å². The van der Waals surface area contributed by atoms with Crippen LogP contribution in [0.3, 0.4) is 0 Å². The number of benzene rings is 2. The fourth-order valence-electron chi connectivity index (χ4n) is 9.91. The summed E-state index contributed by atoms with van der Waals surface area (Å²) in [6.07, 6.45) is 9.63. The predicted molar refractivity (Wildman–Crippen MR) is 234 cm³/mol. The van der Waals surface area contributed by atoms with Crippen LogP contribution in [0.4, 0.5) is 0 Å². The molecule has 1 N–H and O–H groups in total. The zero-order valence-corrected chi connectivity index (χ0v) is 36.2. The van der Waals surface area contributed by atoms with Crippen molar-refractivity contribution in [2.24, 2.45) is 10.8 Å². The fourth-order valence-corrected chi connectivity index (χ4v) is 10.1. The number of rotatable bonds is 9. The first-order valence-corrected chi connectivity index (χ1v) is 21.5. The van der Waals surface area contributed by atoms with Gasteiger partial charge in [0.15, 0.2) is 0 Å². The fraction of sp³-hybridized carbons (Fsp3) is 0.375. The van der Waals surface area contributed by atoms with Crippen LogP contribution in [-0.2, 0) is 28.9 Å². The summed E-state index contributed by atoms with van der Waals surface area (Å²) in [4.78, 5) is 46.5. The lowest BCUT2D eigenvalue weighted by atomic mass is 9.49. The van der Waals surface area contributed by atoms with Gasteiger partial charge in [-0.1, -0.05) is 57.5 Å². The number of hydrogen-bond donors (Lipinski definition) is 1. The van der Waals surface area contributed by atoms with Crippen molar-refractivity contribution in [1.29, 1.82) is 5.26 Å². The molecule has 316 valence electrons. The van der Waals surface area contributed by atoms with Crippen molar-refractivity contribution in [2.45, 2.75) is 85.0 Å². The summed E-state index contributed by atoms with van der Waals surface area (Å²) in [5.74, 6) is 0.934. The highest BCUT2D eigenvalue weighted by molar-refractivity contribution is 6.31. The minimum Gasteiger partial charge on any atom is -0.489 e. The number of amides is 2. The van der Waals surface area contributed by atoms with E-state index in [1.54, 1.807) is 37.5 Å². The molecule has 2 fully saturated rings. The summed E-state index contributed by atoms with van der Waals surface area (Å²) in [5, 5.41) is 20.1. The van der Waals surface area contributed by atoms with Crippen molar-refractivity contribution in [3.63, 3.8) is 0 Å². The second-order valence-corrected chi connectivity index (χ2v) is 18.2. The Bertz CT molecular complexity index is 2720. The Balaban J connectivity index is 0.867. The Hall–Kier alpha value is -6.23. The standard InChI is InChI=1S/C48H48ClN9O4/c1-28(59)57-16-13-41-38(27-57)43(56-58(41)34-14-17-61-18-15-34)36-8-6-7-29-19-40(52-26-37(29)36)31-9-11-33(51-23-31)20-42-53-24-32(25-54-42)44(60)55-45-47(2,3)46(48(45,4)5)62-35-12-10-30(22-50)39(49)21-35/h6-12,19,21,23-26,34,45-46H,13-18,20,27H2,1-5H3,(H,55,60). The molecular weight excluding hydrogens is 802 g/mol. The van der Waals surface area contributed by atoms with Crippen molar-refractivity contribution in [3.8, 4) is 34.3 Å². The molecule has 0 spiro atoms. The average Bonchev–Trinajstić information content (AvgIpc) is 3.66. The van der Waals surface area contributed by atoms with Gasteiger partial charge in [-0.2, -0.15) is 10.4 Å². The Morgan fingerprint density at radius 3 is 2.44 bits per heavy atom. The minimum atomic E-state index is -0.403. The quantitative estimate of drug-likeness (QED) is 0.151. The van der Waals surface area contributed by atoms with Crippen LogP contribution >= 0.6 is 11.6 Å². The first-order valence-electron chi connectivity index (χ1n) is 21.1. The number of hydrogen-bond acceptors (Lipinski definition) is 10. The molecule has 0 unspecified atom stereocenters. The smallest absolute Gasteiger partial charge is 0.254 e. The van der Waals surface area contributed by atoms with Crippen LogP contribution in [0.15, 0.2) is 79.4 Å². The van der Waals surface area contributed by atoms with E-state index in [9.17, 15) is 14.9 Å². The van der Waals surface area contributed by atoms with E-state index in [2.05, 4.69) is 78.0 Å². The van der Waals surface area contributed by atoms with E-state index in [0.29, 0.717) is 47.2 Å². The first-order chi connectivity index (χ1) is 29.8. The van der Waals surface area contributed by atoms with Gasteiger partial charge < -0.3 is 19.7 Å². The van der Waals surface area contributed by atoms with Crippen LogP contribution in [0.25, 0.3) is 33.3 Å². The first kappa shape index (κ1) is 41.1.